The van der Waals surface area contributed by atoms with E-state index in [9.17, 15) is 49.4 Å². The molecule has 2 aromatic heterocycles. The molecule has 0 fully saturated rings. The molecule has 1 unspecified atom stereocenters. The summed E-state index contributed by atoms with van der Waals surface area (Å²) in [6, 6.07) is 0.195. The average Bonchev–Trinajstić information content (AvgIpc) is 3.22. The SMILES string of the molecule is Nc1cc(C(F)(F)F)c2nc1-c1nnc(o1)C(CO)(C(F)(F)F)CCCCCN(CC(F)(F)F)C2=O. The minimum atomic E-state index is -5.28. The predicted molar refractivity (Wildman–Crippen MR) is 102 cm³/mol. The molecule has 1 atom stereocenters. The van der Waals surface area contributed by atoms with Crippen LogP contribution in [0.15, 0.2) is 10.5 Å². The molecule has 17 heteroatoms. The summed E-state index contributed by atoms with van der Waals surface area (Å²) in [4.78, 5) is 16.4. The fourth-order valence-electron chi connectivity index (χ4n) is 3.72. The minimum Gasteiger partial charge on any atom is -0.418 e. The lowest BCUT2D eigenvalue weighted by molar-refractivity contribution is -0.210. The first-order valence-electron chi connectivity index (χ1n) is 10.3. The van der Waals surface area contributed by atoms with E-state index in [1.165, 1.54) is 0 Å². The van der Waals surface area contributed by atoms with Crippen molar-refractivity contribution in [2.24, 2.45) is 0 Å². The van der Waals surface area contributed by atoms with Gasteiger partial charge in [-0.25, -0.2) is 4.98 Å². The Labute approximate surface area is 196 Å². The Kier molecular flexibility index (Phi) is 7.18. The summed E-state index contributed by atoms with van der Waals surface area (Å²) in [5.41, 5.74) is -2.41. The molecule has 0 aliphatic carbocycles. The highest BCUT2D eigenvalue weighted by atomic mass is 19.4. The van der Waals surface area contributed by atoms with E-state index in [0.717, 1.165) is 0 Å². The van der Waals surface area contributed by atoms with E-state index in [1.54, 1.807) is 0 Å². The van der Waals surface area contributed by atoms with Crippen LogP contribution in [0.25, 0.3) is 11.6 Å². The van der Waals surface area contributed by atoms with E-state index < -0.39 is 90.4 Å². The van der Waals surface area contributed by atoms with Crippen molar-refractivity contribution in [1.29, 1.82) is 0 Å². The van der Waals surface area contributed by atoms with Crippen molar-refractivity contribution in [3.8, 4) is 11.6 Å². The second kappa shape index (κ2) is 9.40. The normalized spacial score (nSPS) is 20.4. The van der Waals surface area contributed by atoms with Gasteiger partial charge in [0, 0.05) is 6.54 Å². The number of amides is 1. The number of alkyl halides is 9. The van der Waals surface area contributed by atoms with Crippen molar-refractivity contribution >= 4 is 11.6 Å². The second-order valence-corrected chi connectivity index (χ2v) is 8.12. The van der Waals surface area contributed by atoms with Crippen molar-refractivity contribution in [2.75, 3.05) is 25.4 Å². The number of nitrogens with two attached hydrogens (primary N) is 1. The monoisotopic (exact) mass is 535 g/mol. The zero-order valence-corrected chi connectivity index (χ0v) is 18.1. The maximum Gasteiger partial charge on any atom is 0.418 e. The number of fused-ring (bicyclic) bond motifs is 5. The van der Waals surface area contributed by atoms with Crippen LogP contribution in [-0.4, -0.2) is 63.1 Å². The van der Waals surface area contributed by atoms with Gasteiger partial charge in [-0.05, 0) is 18.9 Å². The van der Waals surface area contributed by atoms with E-state index in [0.29, 0.717) is 0 Å². The van der Waals surface area contributed by atoms with Gasteiger partial charge in [0.2, 0.25) is 5.89 Å². The summed E-state index contributed by atoms with van der Waals surface area (Å²) in [5, 5.41) is 16.3. The molecule has 3 rings (SSSR count). The van der Waals surface area contributed by atoms with Gasteiger partial charge in [-0.15, -0.1) is 10.2 Å². The molecule has 0 aromatic carbocycles. The smallest absolute Gasteiger partial charge is 0.418 e. The number of nitrogens with zero attached hydrogens (tertiary/aromatic N) is 4. The zero-order chi connectivity index (χ0) is 27.1. The van der Waals surface area contributed by atoms with Crippen LogP contribution in [0, 0.1) is 0 Å². The summed E-state index contributed by atoms with van der Waals surface area (Å²) < 4.78 is 127. The van der Waals surface area contributed by atoms with Crippen molar-refractivity contribution in [3.05, 3.63) is 23.2 Å². The lowest BCUT2D eigenvalue weighted by Gasteiger charge is -2.31. The van der Waals surface area contributed by atoms with E-state index in [4.69, 9.17) is 10.2 Å². The molecule has 1 amide bonds. The Morgan fingerprint density at radius 3 is 2.25 bits per heavy atom. The van der Waals surface area contributed by atoms with E-state index in [1.807, 2.05) is 0 Å². The summed E-state index contributed by atoms with van der Waals surface area (Å²) in [6.45, 7) is -4.19. The molecule has 2 aromatic rings. The van der Waals surface area contributed by atoms with Gasteiger partial charge in [-0.3, -0.25) is 4.79 Å². The molecule has 1 aliphatic rings. The number of aliphatic hydroxyl groups excluding tert-OH is 1. The number of nitrogen functional groups attached to an aromatic ring is 1. The summed E-state index contributed by atoms with van der Waals surface area (Å²) in [6.07, 6.45) is -17.0. The summed E-state index contributed by atoms with van der Waals surface area (Å²) in [7, 11) is 0. The number of halogens is 9. The Hall–Kier alpha value is -3.11. The van der Waals surface area contributed by atoms with Crippen LogP contribution in [0.5, 0.6) is 0 Å². The zero-order valence-electron chi connectivity index (χ0n) is 18.1. The Bertz CT molecular complexity index is 1110. The molecule has 200 valence electrons. The highest BCUT2D eigenvalue weighted by Gasteiger charge is 2.59. The van der Waals surface area contributed by atoms with Gasteiger partial charge in [-0.2, -0.15) is 39.5 Å². The summed E-state index contributed by atoms with van der Waals surface area (Å²) >= 11 is 0. The van der Waals surface area contributed by atoms with Crippen LogP contribution < -0.4 is 5.73 Å². The van der Waals surface area contributed by atoms with Crippen molar-refractivity contribution < 1.29 is 53.8 Å². The molecule has 3 heterocycles. The number of carbonyl (C=O) groups excluding carboxylic acids is 1. The summed E-state index contributed by atoms with van der Waals surface area (Å²) in [5.74, 6) is -3.76. The lowest BCUT2D eigenvalue weighted by atomic mass is 9.82. The van der Waals surface area contributed by atoms with Crippen molar-refractivity contribution in [2.45, 2.75) is 49.6 Å². The van der Waals surface area contributed by atoms with Gasteiger partial charge in [0.1, 0.15) is 12.2 Å². The van der Waals surface area contributed by atoms with Crippen LogP contribution in [0.2, 0.25) is 0 Å². The minimum absolute atomic E-state index is 0.0750. The van der Waals surface area contributed by atoms with E-state index in [2.05, 4.69) is 15.2 Å². The van der Waals surface area contributed by atoms with Crippen LogP contribution >= 0.6 is 0 Å². The maximum atomic E-state index is 14.0. The maximum absolute atomic E-state index is 14.0. The molecule has 0 spiro atoms. The van der Waals surface area contributed by atoms with Gasteiger partial charge in [-0.1, -0.05) is 12.8 Å². The topological polar surface area (TPSA) is 118 Å². The first-order valence-corrected chi connectivity index (χ1v) is 10.3. The molecule has 0 saturated heterocycles. The number of rotatable bonds is 2. The Morgan fingerprint density at radius 1 is 1.03 bits per heavy atom. The van der Waals surface area contributed by atoms with Crippen LogP contribution in [0.4, 0.5) is 45.2 Å². The number of pyridine rings is 1. The third-order valence-electron chi connectivity index (χ3n) is 5.60. The van der Waals surface area contributed by atoms with E-state index >= 15 is 0 Å². The largest absolute Gasteiger partial charge is 0.418 e. The average molecular weight is 535 g/mol. The second-order valence-electron chi connectivity index (χ2n) is 8.12. The quantitative estimate of drug-likeness (QED) is 0.556. The molecular formula is C19H18F9N5O3. The lowest BCUT2D eigenvalue weighted by Crippen LogP contribution is -2.46. The van der Waals surface area contributed by atoms with Gasteiger partial charge < -0.3 is 20.2 Å². The molecule has 36 heavy (non-hydrogen) atoms. The van der Waals surface area contributed by atoms with Crippen molar-refractivity contribution in [1.82, 2.24) is 20.1 Å². The van der Waals surface area contributed by atoms with Crippen LogP contribution in [0.3, 0.4) is 0 Å². The van der Waals surface area contributed by atoms with Crippen molar-refractivity contribution in [3.63, 3.8) is 0 Å². The van der Waals surface area contributed by atoms with Gasteiger partial charge >= 0.3 is 18.5 Å². The van der Waals surface area contributed by atoms with E-state index in [-0.39, 0.29) is 30.2 Å². The highest BCUT2D eigenvalue weighted by Crippen LogP contribution is 2.45. The van der Waals surface area contributed by atoms with Crippen LogP contribution in [0.1, 0.15) is 47.6 Å². The van der Waals surface area contributed by atoms with Gasteiger partial charge in [0.05, 0.1) is 17.9 Å². The third-order valence-corrected chi connectivity index (χ3v) is 5.60. The number of anilines is 1. The Balaban J connectivity index is 2.26. The molecule has 4 bridgehead atoms. The molecule has 1 aliphatic heterocycles. The molecule has 8 nitrogen and oxygen atoms in total. The number of carbonyl (C=O) groups is 1. The number of hydrogen-bond donors (Lipinski definition) is 2. The molecule has 3 N–H and O–H groups in total. The van der Waals surface area contributed by atoms with Crippen LogP contribution in [-0.2, 0) is 11.6 Å². The third kappa shape index (κ3) is 5.34. The predicted octanol–water partition coefficient (Wildman–Crippen LogP) is 4.10. The molecule has 0 radical (unpaired) electrons. The number of aromatic nitrogens is 3. The standard InChI is InChI=1S/C19H18F9N5O3/c20-17(21,22)7-33-5-3-1-2-4-16(8-34,19(26,27)28)15-32-31-13(36-15)12-10(29)6-9(18(23,24)25)11(30-12)14(33)35/h6,34H,1-5,7-8,29H2. The first-order chi connectivity index (χ1) is 16.5. The molecule has 0 saturated carbocycles. The number of aliphatic hydroxyl groups is 1. The first kappa shape index (κ1) is 27.5. The highest BCUT2D eigenvalue weighted by molar-refractivity contribution is 5.95. The molecular weight excluding hydrogens is 517 g/mol. The fourth-order valence-corrected chi connectivity index (χ4v) is 3.72. The number of hydrogen-bond acceptors (Lipinski definition) is 7. The van der Waals surface area contributed by atoms with Gasteiger partial charge in [0.25, 0.3) is 11.8 Å². The Morgan fingerprint density at radius 2 is 1.69 bits per heavy atom. The van der Waals surface area contributed by atoms with Gasteiger partial charge in [0.15, 0.2) is 11.1 Å². The fraction of sp³-hybridized carbons (Fsp3) is 0.579.